The van der Waals surface area contributed by atoms with E-state index in [9.17, 15) is 0 Å². The van der Waals surface area contributed by atoms with E-state index in [1.54, 1.807) is 7.11 Å². The van der Waals surface area contributed by atoms with Crippen molar-refractivity contribution in [2.45, 2.75) is 19.3 Å². The quantitative estimate of drug-likeness (QED) is 0.350. The van der Waals surface area contributed by atoms with Gasteiger partial charge in [0.25, 0.3) is 0 Å². The molecule has 1 fully saturated rings. The molecule has 1 aliphatic carbocycles. The van der Waals surface area contributed by atoms with Crippen LogP contribution in [0.4, 0.5) is 0 Å². The molecule has 0 bridgehead atoms. The first kappa shape index (κ1) is 12.5. The number of hydrogen-bond donors (Lipinski definition) is 2. The summed E-state index contributed by atoms with van der Waals surface area (Å²) >= 11 is 0. The molecule has 3 N–H and O–H groups in total. The van der Waals surface area contributed by atoms with E-state index in [4.69, 9.17) is 20.4 Å². The molecule has 5 heteroatoms. The number of nitrogens with two attached hydrogens (primary N) is 1. The molecule has 0 radical (unpaired) electrons. The number of benzene rings is 1. The Balaban J connectivity index is 1.87. The Bertz CT molecular complexity index is 424. The van der Waals surface area contributed by atoms with Crippen molar-refractivity contribution in [1.82, 2.24) is 0 Å². The molecule has 0 saturated heterocycles. The normalized spacial score (nSPS) is 17.3. The molecule has 1 saturated carbocycles. The van der Waals surface area contributed by atoms with Gasteiger partial charge in [-0.2, -0.15) is 0 Å². The third kappa shape index (κ3) is 3.06. The molecule has 98 valence electrons. The van der Waals surface area contributed by atoms with Crippen LogP contribution in [-0.2, 0) is 0 Å². The highest BCUT2D eigenvalue weighted by atomic mass is 16.5. The third-order valence-electron chi connectivity index (χ3n) is 3.25. The lowest BCUT2D eigenvalue weighted by molar-refractivity contribution is 0.236. The number of ether oxygens (including phenoxy) is 2. The lowest BCUT2D eigenvalue weighted by atomic mass is 10.0. The second-order valence-electron chi connectivity index (χ2n) is 4.73. The topological polar surface area (TPSA) is 77.1 Å². The van der Waals surface area contributed by atoms with Gasteiger partial charge in [-0.15, -0.1) is 0 Å². The molecule has 18 heavy (non-hydrogen) atoms. The van der Waals surface area contributed by atoms with Crippen LogP contribution >= 0.6 is 0 Å². The average molecular weight is 250 g/mol. The Morgan fingerprint density at radius 2 is 1.94 bits per heavy atom. The van der Waals surface area contributed by atoms with E-state index >= 15 is 0 Å². The number of nitrogens with zero attached hydrogens (tertiary/aromatic N) is 1. The Hall–Kier alpha value is -1.91. The van der Waals surface area contributed by atoms with Crippen molar-refractivity contribution >= 4 is 5.84 Å². The number of methoxy groups -OCH3 is 1. The smallest absolute Gasteiger partial charge is 0.139 e. The van der Waals surface area contributed by atoms with E-state index in [0.29, 0.717) is 13.0 Å². The van der Waals surface area contributed by atoms with E-state index in [1.165, 1.54) is 0 Å². The number of hydrogen-bond acceptors (Lipinski definition) is 4. The molecule has 1 aliphatic rings. The van der Waals surface area contributed by atoms with Crippen molar-refractivity contribution in [2.24, 2.45) is 16.3 Å². The summed E-state index contributed by atoms with van der Waals surface area (Å²) in [5.41, 5.74) is 5.59. The molecule has 0 aromatic heterocycles. The summed E-state index contributed by atoms with van der Waals surface area (Å²) in [6.45, 7) is 0.593. The van der Waals surface area contributed by atoms with Gasteiger partial charge in [-0.25, -0.2) is 0 Å². The van der Waals surface area contributed by atoms with Gasteiger partial charge in [-0.05, 0) is 37.1 Å². The summed E-state index contributed by atoms with van der Waals surface area (Å²) in [5.74, 6) is 1.88. The summed E-state index contributed by atoms with van der Waals surface area (Å²) < 4.78 is 10.8. The van der Waals surface area contributed by atoms with E-state index in [2.05, 4.69) is 5.16 Å². The molecule has 0 amide bonds. The van der Waals surface area contributed by atoms with E-state index < -0.39 is 0 Å². The van der Waals surface area contributed by atoms with Crippen molar-refractivity contribution in [1.29, 1.82) is 0 Å². The zero-order valence-electron chi connectivity index (χ0n) is 10.4. The number of oxime groups is 1. The predicted octanol–water partition coefficient (Wildman–Crippen LogP) is 1.99. The standard InChI is InChI=1S/C13H18N2O3/c1-17-10-2-4-11(5-3-10)18-9-13(6-7-13)8-12(14)15-16/h2-5,16H,6-9H2,1H3,(H2,14,15). The highest BCUT2D eigenvalue weighted by Gasteiger charge is 2.44. The van der Waals surface area contributed by atoms with Gasteiger partial charge in [0.2, 0.25) is 0 Å². The van der Waals surface area contributed by atoms with Crippen LogP contribution in [-0.4, -0.2) is 24.8 Å². The largest absolute Gasteiger partial charge is 0.497 e. The van der Waals surface area contributed by atoms with E-state index in [-0.39, 0.29) is 11.3 Å². The van der Waals surface area contributed by atoms with Gasteiger partial charge in [0.15, 0.2) is 0 Å². The molecule has 2 rings (SSSR count). The summed E-state index contributed by atoms with van der Waals surface area (Å²) in [6, 6.07) is 7.47. The second-order valence-corrected chi connectivity index (χ2v) is 4.73. The first-order valence-electron chi connectivity index (χ1n) is 5.91. The molecule has 0 unspecified atom stereocenters. The van der Waals surface area contributed by atoms with Gasteiger partial charge >= 0.3 is 0 Å². The Kier molecular flexibility index (Phi) is 3.60. The van der Waals surface area contributed by atoms with Gasteiger partial charge in [-0.1, -0.05) is 5.16 Å². The minimum atomic E-state index is 0.0518. The van der Waals surface area contributed by atoms with Crippen LogP contribution < -0.4 is 15.2 Å². The second kappa shape index (κ2) is 5.16. The number of rotatable bonds is 6. The van der Waals surface area contributed by atoms with Gasteiger partial charge in [-0.3, -0.25) is 0 Å². The zero-order chi connectivity index (χ0) is 13.0. The maximum atomic E-state index is 8.58. The molecule has 0 aliphatic heterocycles. The van der Waals surface area contributed by atoms with Crippen molar-refractivity contribution in [3.05, 3.63) is 24.3 Å². The van der Waals surface area contributed by atoms with Crippen LogP contribution in [0.1, 0.15) is 19.3 Å². The van der Waals surface area contributed by atoms with Crippen molar-refractivity contribution in [2.75, 3.05) is 13.7 Å². The molecular formula is C13H18N2O3. The maximum absolute atomic E-state index is 8.58. The lowest BCUT2D eigenvalue weighted by Gasteiger charge is -2.15. The minimum absolute atomic E-state index is 0.0518. The van der Waals surface area contributed by atoms with Gasteiger partial charge in [0, 0.05) is 11.8 Å². The summed E-state index contributed by atoms with van der Waals surface area (Å²) in [4.78, 5) is 0. The average Bonchev–Trinajstić information content (AvgIpc) is 3.17. The van der Waals surface area contributed by atoms with Crippen LogP contribution in [0.5, 0.6) is 11.5 Å². The molecular weight excluding hydrogens is 232 g/mol. The van der Waals surface area contributed by atoms with E-state index in [1.807, 2.05) is 24.3 Å². The van der Waals surface area contributed by atoms with Gasteiger partial charge in [0.1, 0.15) is 17.3 Å². The molecule has 5 nitrogen and oxygen atoms in total. The van der Waals surface area contributed by atoms with Crippen LogP contribution in [0.3, 0.4) is 0 Å². The molecule has 1 aromatic rings. The maximum Gasteiger partial charge on any atom is 0.139 e. The molecule has 0 heterocycles. The monoisotopic (exact) mass is 250 g/mol. The van der Waals surface area contributed by atoms with Crippen LogP contribution in [0.15, 0.2) is 29.4 Å². The highest BCUT2D eigenvalue weighted by Crippen LogP contribution is 2.49. The molecule has 1 aromatic carbocycles. The van der Waals surface area contributed by atoms with E-state index in [0.717, 1.165) is 24.3 Å². The summed E-state index contributed by atoms with van der Waals surface area (Å²) in [6.07, 6.45) is 2.69. The van der Waals surface area contributed by atoms with Crippen LogP contribution in [0.25, 0.3) is 0 Å². The van der Waals surface area contributed by atoms with Crippen molar-refractivity contribution in [3.63, 3.8) is 0 Å². The Labute approximate surface area is 106 Å². The Morgan fingerprint density at radius 3 is 2.44 bits per heavy atom. The summed E-state index contributed by atoms with van der Waals surface area (Å²) in [5, 5.41) is 11.6. The third-order valence-corrected chi connectivity index (χ3v) is 3.25. The van der Waals surface area contributed by atoms with Gasteiger partial charge < -0.3 is 20.4 Å². The van der Waals surface area contributed by atoms with Crippen LogP contribution in [0, 0.1) is 5.41 Å². The first-order chi connectivity index (χ1) is 8.67. The fourth-order valence-corrected chi connectivity index (χ4v) is 1.88. The fourth-order valence-electron chi connectivity index (χ4n) is 1.88. The summed E-state index contributed by atoms with van der Waals surface area (Å²) in [7, 11) is 1.63. The zero-order valence-corrected chi connectivity index (χ0v) is 10.4. The van der Waals surface area contributed by atoms with Crippen LogP contribution in [0.2, 0.25) is 0 Å². The minimum Gasteiger partial charge on any atom is -0.497 e. The lowest BCUT2D eigenvalue weighted by Crippen LogP contribution is -2.22. The molecule has 0 spiro atoms. The van der Waals surface area contributed by atoms with Crippen molar-refractivity contribution in [3.8, 4) is 11.5 Å². The highest BCUT2D eigenvalue weighted by molar-refractivity contribution is 5.80. The Morgan fingerprint density at radius 1 is 1.33 bits per heavy atom. The predicted molar refractivity (Wildman–Crippen MR) is 68.2 cm³/mol. The first-order valence-corrected chi connectivity index (χ1v) is 5.91. The van der Waals surface area contributed by atoms with Crippen molar-refractivity contribution < 1.29 is 14.7 Å². The number of amidine groups is 1. The fraction of sp³-hybridized carbons (Fsp3) is 0.462. The van der Waals surface area contributed by atoms with Gasteiger partial charge in [0.05, 0.1) is 13.7 Å². The SMILES string of the molecule is COc1ccc(OCC2(CC(N)=NO)CC2)cc1. The molecule has 0 atom stereocenters.